The van der Waals surface area contributed by atoms with E-state index in [1.165, 1.54) is 0 Å². The van der Waals surface area contributed by atoms with Crippen molar-refractivity contribution >= 4 is 6.09 Å². The van der Waals surface area contributed by atoms with Gasteiger partial charge in [-0.05, 0) is 32.8 Å². The van der Waals surface area contributed by atoms with Gasteiger partial charge in [-0.3, -0.25) is 0 Å². The summed E-state index contributed by atoms with van der Waals surface area (Å²) in [6.45, 7) is 6.44. The second kappa shape index (κ2) is 4.84. The van der Waals surface area contributed by atoms with Crippen LogP contribution < -0.4 is 0 Å². The molecule has 0 N–H and O–H groups in total. The van der Waals surface area contributed by atoms with Crippen LogP contribution in [0.15, 0.2) is 6.20 Å². The maximum Gasteiger partial charge on any atom is 0.410 e. The first-order valence-electron chi connectivity index (χ1n) is 6.12. The summed E-state index contributed by atoms with van der Waals surface area (Å²) in [7, 11) is 0. The summed E-state index contributed by atoms with van der Waals surface area (Å²) in [6, 6.07) is 1.90. The zero-order valence-electron chi connectivity index (χ0n) is 11.3. The van der Waals surface area contributed by atoms with Crippen molar-refractivity contribution in [2.75, 3.05) is 6.54 Å². The Labute approximate surface area is 112 Å². The maximum absolute atomic E-state index is 12.0. The number of hydrogen-bond donors (Lipinski definition) is 0. The normalized spacial score (nSPS) is 14.5. The van der Waals surface area contributed by atoms with Gasteiger partial charge in [-0.2, -0.15) is 5.26 Å². The van der Waals surface area contributed by atoms with Crippen LogP contribution in [-0.2, 0) is 17.7 Å². The summed E-state index contributed by atoms with van der Waals surface area (Å²) < 4.78 is 5.33. The Balaban J connectivity index is 2.13. The predicted octanol–water partition coefficient (Wildman–Crippen LogP) is 1.64. The van der Waals surface area contributed by atoms with Gasteiger partial charge in [-0.25, -0.2) is 14.8 Å². The molecule has 0 spiro atoms. The average Bonchev–Trinajstić information content (AvgIpc) is 2.35. The molecule has 0 aromatic carbocycles. The zero-order chi connectivity index (χ0) is 14.0. The number of ether oxygens (including phenoxy) is 1. The molecule has 0 radical (unpaired) electrons. The number of amides is 1. The molecule has 1 aliphatic rings. The molecule has 0 aliphatic carbocycles. The quantitative estimate of drug-likeness (QED) is 0.708. The van der Waals surface area contributed by atoms with E-state index in [0.29, 0.717) is 19.5 Å². The van der Waals surface area contributed by atoms with E-state index in [4.69, 9.17) is 10.00 Å². The molecule has 1 aromatic heterocycles. The van der Waals surface area contributed by atoms with E-state index < -0.39 is 5.60 Å². The Morgan fingerprint density at radius 1 is 1.53 bits per heavy atom. The van der Waals surface area contributed by atoms with Crippen LogP contribution in [0.3, 0.4) is 0 Å². The number of nitrogens with zero attached hydrogens (tertiary/aromatic N) is 4. The number of aromatic nitrogens is 2. The lowest BCUT2D eigenvalue weighted by molar-refractivity contribution is 0.0220. The number of carbonyl (C=O) groups excluding carboxylic acids is 1. The van der Waals surface area contributed by atoms with Crippen molar-refractivity contribution < 1.29 is 9.53 Å². The van der Waals surface area contributed by atoms with E-state index >= 15 is 0 Å². The van der Waals surface area contributed by atoms with Crippen molar-refractivity contribution in [3.63, 3.8) is 0 Å². The molecular formula is C13H16N4O2. The minimum atomic E-state index is -0.513. The van der Waals surface area contributed by atoms with Gasteiger partial charge in [0.25, 0.3) is 0 Å². The first kappa shape index (κ1) is 13.3. The topological polar surface area (TPSA) is 79.1 Å². The highest BCUT2D eigenvalue weighted by Gasteiger charge is 2.26. The van der Waals surface area contributed by atoms with Crippen molar-refractivity contribution in [2.24, 2.45) is 0 Å². The maximum atomic E-state index is 12.0. The van der Waals surface area contributed by atoms with Gasteiger partial charge in [0.15, 0.2) is 0 Å². The third-order valence-corrected chi connectivity index (χ3v) is 2.70. The molecule has 0 bridgehead atoms. The third-order valence-electron chi connectivity index (χ3n) is 2.70. The van der Waals surface area contributed by atoms with Gasteiger partial charge in [0, 0.05) is 12.7 Å². The highest BCUT2D eigenvalue weighted by atomic mass is 16.6. The molecule has 0 atom stereocenters. The number of carbonyl (C=O) groups is 1. The Morgan fingerprint density at radius 3 is 2.89 bits per heavy atom. The molecule has 2 heterocycles. The van der Waals surface area contributed by atoms with Gasteiger partial charge < -0.3 is 9.64 Å². The molecule has 6 nitrogen and oxygen atoms in total. The molecule has 0 saturated carbocycles. The first-order valence-corrected chi connectivity index (χ1v) is 6.12. The van der Waals surface area contributed by atoms with Gasteiger partial charge >= 0.3 is 6.09 Å². The lowest BCUT2D eigenvalue weighted by atomic mass is 10.1. The van der Waals surface area contributed by atoms with Gasteiger partial charge in [0.2, 0.25) is 5.82 Å². The van der Waals surface area contributed by atoms with Crippen LogP contribution in [0, 0.1) is 11.3 Å². The molecule has 1 aliphatic heterocycles. The molecule has 19 heavy (non-hydrogen) atoms. The van der Waals surface area contributed by atoms with Crippen molar-refractivity contribution in [3.8, 4) is 6.07 Å². The minimum Gasteiger partial charge on any atom is -0.444 e. The summed E-state index contributed by atoms with van der Waals surface area (Å²) in [5.41, 5.74) is 1.20. The smallest absolute Gasteiger partial charge is 0.410 e. The Bertz CT molecular complexity index is 543. The predicted molar refractivity (Wildman–Crippen MR) is 67.1 cm³/mol. The summed E-state index contributed by atoms with van der Waals surface area (Å²) in [4.78, 5) is 21.6. The van der Waals surface area contributed by atoms with E-state index in [2.05, 4.69) is 9.97 Å². The fourth-order valence-corrected chi connectivity index (χ4v) is 1.84. The van der Waals surface area contributed by atoms with Gasteiger partial charge in [-0.15, -0.1) is 0 Å². The molecule has 100 valence electrons. The van der Waals surface area contributed by atoms with Crippen LogP contribution >= 0.6 is 0 Å². The number of nitriles is 1. The molecule has 1 amide bonds. The van der Waals surface area contributed by atoms with Crippen LogP contribution in [-0.4, -0.2) is 33.1 Å². The summed E-state index contributed by atoms with van der Waals surface area (Å²) in [6.07, 6.45) is 1.99. The van der Waals surface area contributed by atoms with Crippen molar-refractivity contribution in [1.29, 1.82) is 5.26 Å². The number of hydrogen-bond acceptors (Lipinski definition) is 5. The number of rotatable bonds is 0. The van der Waals surface area contributed by atoms with E-state index in [9.17, 15) is 4.79 Å². The SMILES string of the molecule is CC(C)(C)OC(=O)N1CCc2cnc(C#N)nc2C1. The molecule has 6 heteroatoms. The highest BCUT2D eigenvalue weighted by molar-refractivity contribution is 5.68. The third kappa shape index (κ3) is 3.19. The van der Waals surface area contributed by atoms with Crippen LogP contribution in [0.4, 0.5) is 4.79 Å². The van der Waals surface area contributed by atoms with Crippen LogP contribution in [0.5, 0.6) is 0 Å². The number of fused-ring (bicyclic) bond motifs is 1. The van der Waals surface area contributed by atoms with Crippen molar-refractivity contribution in [3.05, 3.63) is 23.3 Å². The molecule has 1 aromatic rings. The fourth-order valence-electron chi connectivity index (χ4n) is 1.84. The summed E-state index contributed by atoms with van der Waals surface area (Å²) in [5.74, 6) is 0.129. The second-order valence-corrected chi connectivity index (χ2v) is 5.43. The van der Waals surface area contributed by atoms with Crippen molar-refractivity contribution in [1.82, 2.24) is 14.9 Å². The molecular weight excluding hydrogens is 244 g/mol. The van der Waals surface area contributed by atoms with E-state index in [0.717, 1.165) is 11.3 Å². The van der Waals surface area contributed by atoms with Gasteiger partial charge in [0.05, 0.1) is 12.2 Å². The minimum absolute atomic E-state index is 0.129. The molecule has 0 fully saturated rings. The summed E-state index contributed by atoms with van der Waals surface area (Å²) >= 11 is 0. The van der Waals surface area contributed by atoms with Crippen molar-refractivity contribution in [2.45, 2.75) is 39.3 Å². The first-order chi connectivity index (χ1) is 8.89. The molecule has 0 unspecified atom stereocenters. The zero-order valence-corrected chi connectivity index (χ0v) is 11.3. The van der Waals surface area contributed by atoms with Gasteiger partial charge in [0.1, 0.15) is 11.7 Å². The van der Waals surface area contributed by atoms with E-state index in [1.807, 2.05) is 26.8 Å². The van der Waals surface area contributed by atoms with Gasteiger partial charge in [-0.1, -0.05) is 0 Å². The molecule has 0 saturated heterocycles. The Hall–Kier alpha value is -2.16. The van der Waals surface area contributed by atoms with Crippen LogP contribution in [0.1, 0.15) is 37.9 Å². The second-order valence-electron chi connectivity index (χ2n) is 5.43. The monoisotopic (exact) mass is 260 g/mol. The lowest BCUT2D eigenvalue weighted by Gasteiger charge is -2.30. The van der Waals surface area contributed by atoms with Crippen LogP contribution in [0.2, 0.25) is 0 Å². The van der Waals surface area contributed by atoms with E-state index in [1.54, 1.807) is 11.1 Å². The van der Waals surface area contributed by atoms with Crippen LogP contribution in [0.25, 0.3) is 0 Å². The summed E-state index contributed by atoms with van der Waals surface area (Å²) in [5, 5.41) is 8.79. The largest absolute Gasteiger partial charge is 0.444 e. The fraction of sp³-hybridized carbons (Fsp3) is 0.538. The Morgan fingerprint density at radius 2 is 2.26 bits per heavy atom. The average molecular weight is 260 g/mol. The lowest BCUT2D eigenvalue weighted by Crippen LogP contribution is -2.40. The van der Waals surface area contributed by atoms with E-state index in [-0.39, 0.29) is 11.9 Å². The Kier molecular flexibility index (Phi) is 3.38. The molecule has 2 rings (SSSR count). The highest BCUT2D eigenvalue weighted by Crippen LogP contribution is 2.19. The standard InChI is InChI=1S/C13H16N4O2/c1-13(2,3)19-12(18)17-5-4-9-7-15-11(6-14)16-10(9)8-17/h7H,4-5,8H2,1-3H3.